The van der Waals surface area contributed by atoms with E-state index < -0.39 is 5.97 Å². The van der Waals surface area contributed by atoms with Crippen LogP contribution in [0.4, 0.5) is 0 Å². The van der Waals surface area contributed by atoms with Crippen LogP contribution in [0.15, 0.2) is 12.2 Å². The summed E-state index contributed by atoms with van der Waals surface area (Å²) in [5, 5.41) is 8.30. The zero-order valence-electron chi connectivity index (χ0n) is 8.48. The Labute approximate surface area is 85.0 Å². The highest BCUT2D eigenvalue weighted by Crippen LogP contribution is 2.04. The van der Waals surface area contributed by atoms with Crippen LogP contribution in [-0.4, -0.2) is 23.7 Å². The van der Waals surface area contributed by atoms with Gasteiger partial charge in [-0.05, 0) is 19.3 Å². The van der Waals surface area contributed by atoms with Crippen molar-refractivity contribution in [2.45, 2.75) is 38.1 Å². The summed E-state index contributed by atoms with van der Waals surface area (Å²) in [4.78, 5) is 10.1. The Balaban J connectivity index is 3.18. The quantitative estimate of drug-likeness (QED) is 0.400. The topological polar surface area (TPSA) is 89.3 Å². The van der Waals surface area contributed by atoms with Gasteiger partial charge in [-0.1, -0.05) is 18.9 Å². The summed E-state index contributed by atoms with van der Waals surface area (Å²) in [6.45, 7) is 0.541. The molecule has 0 aliphatic heterocycles. The lowest BCUT2D eigenvalue weighted by atomic mass is 10.1. The van der Waals surface area contributed by atoms with Gasteiger partial charge in [0, 0.05) is 18.7 Å². The number of allylic oxidation sites excluding steroid dienone is 1. The molecule has 0 rings (SSSR count). The van der Waals surface area contributed by atoms with Crippen molar-refractivity contribution in [3.63, 3.8) is 0 Å². The van der Waals surface area contributed by atoms with E-state index in [9.17, 15) is 4.79 Å². The molecule has 0 spiro atoms. The Morgan fingerprint density at radius 2 is 2.07 bits per heavy atom. The normalized spacial score (nSPS) is 13.3. The van der Waals surface area contributed by atoms with Crippen molar-refractivity contribution < 1.29 is 9.90 Å². The molecular formula is C10H20N2O2. The summed E-state index contributed by atoms with van der Waals surface area (Å²) in [5.41, 5.74) is 11.0. The molecule has 5 N–H and O–H groups in total. The van der Waals surface area contributed by atoms with Crippen molar-refractivity contribution >= 4 is 5.97 Å². The van der Waals surface area contributed by atoms with Gasteiger partial charge in [0.15, 0.2) is 0 Å². The van der Waals surface area contributed by atoms with Gasteiger partial charge in [-0.3, -0.25) is 0 Å². The predicted octanol–water partition coefficient (Wildman–Crippen LogP) is 0.864. The van der Waals surface area contributed by atoms with Crippen LogP contribution in [0, 0.1) is 0 Å². The summed E-state index contributed by atoms with van der Waals surface area (Å²) < 4.78 is 0. The molecule has 4 heteroatoms. The summed E-state index contributed by atoms with van der Waals surface area (Å²) in [7, 11) is 0. The smallest absolute Gasteiger partial charge is 0.327 e. The summed E-state index contributed by atoms with van der Waals surface area (Å²) in [6.07, 6.45) is 7.82. The van der Waals surface area contributed by atoms with E-state index in [1.165, 1.54) is 6.08 Å². The predicted molar refractivity (Wildman–Crippen MR) is 56.9 cm³/mol. The molecule has 14 heavy (non-hydrogen) atoms. The molecule has 0 fully saturated rings. The molecule has 82 valence electrons. The van der Waals surface area contributed by atoms with Crippen LogP contribution in [0.1, 0.15) is 32.1 Å². The molecule has 0 aromatic heterocycles. The Kier molecular flexibility index (Phi) is 8.17. The second-order valence-electron chi connectivity index (χ2n) is 3.37. The Morgan fingerprint density at radius 1 is 1.36 bits per heavy atom. The molecule has 0 aromatic rings. The van der Waals surface area contributed by atoms with Crippen LogP contribution in [-0.2, 0) is 4.79 Å². The number of unbranched alkanes of at least 4 members (excludes halogenated alkanes) is 3. The van der Waals surface area contributed by atoms with Crippen molar-refractivity contribution in [1.29, 1.82) is 0 Å². The molecule has 0 amide bonds. The monoisotopic (exact) mass is 200 g/mol. The highest BCUT2D eigenvalue weighted by molar-refractivity contribution is 5.79. The van der Waals surface area contributed by atoms with E-state index in [-0.39, 0.29) is 6.04 Å². The zero-order chi connectivity index (χ0) is 10.8. The summed E-state index contributed by atoms with van der Waals surface area (Å²) in [6, 6.07) is 0.115. The SMILES string of the molecule is NC[C@@H](N)CCCCC/C=C/C(=O)O. The molecule has 0 aromatic carbocycles. The van der Waals surface area contributed by atoms with Gasteiger partial charge in [-0.25, -0.2) is 4.79 Å². The molecular weight excluding hydrogens is 180 g/mol. The van der Waals surface area contributed by atoms with Gasteiger partial charge in [-0.2, -0.15) is 0 Å². The number of rotatable bonds is 8. The molecule has 0 radical (unpaired) electrons. The van der Waals surface area contributed by atoms with Gasteiger partial charge >= 0.3 is 5.97 Å². The number of nitrogens with two attached hydrogens (primary N) is 2. The lowest BCUT2D eigenvalue weighted by molar-refractivity contribution is -0.131. The third-order valence-electron chi connectivity index (χ3n) is 2.01. The molecule has 0 aliphatic carbocycles. The molecule has 1 atom stereocenters. The Morgan fingerprint density at radius 3 is 2.64 bits per heavy atom. The first-order chi connectivity index (χ1) is 6.66. The van der Waals surface area contributed by atoms with Crippen LogP contribution in [0.25, 0.3) is 0 Å². The minimum Gasteiger partial charge on any atom is -0.478 e. The van der Waals surface area contributed by atoms with Gasteiger partial charge in [0.2, 0.25) is 0 Å². The number of aliphatic carboxylic acids is 1. The average Bonchev–Trinajstić information content (AvgIpc) is 2.15. The summed E-state index contributed by atoms with van der Waals surface area (Å²) in [5.74, 6) is -0.879. The largest absolute Gasteiger partial charge is 0.478 e. The van der Waals surface area contributed by atoms with Gasteiger partial charge in [0.25, 0.3) is 0 Å². The first kappa shape index (κ1) is 13.1. The van der Waals surface area contributed by atoms with E-state index in [1.807, 2.05) is 0 Å². The molecule has 0 saturated heterocycles. The highest BCUT2D eigenvalue weighted by Gasteiger charge is 1.97. The van der Waals surface area contributed by atoms with Crippen molar-refractivity contribution in [3.05, 3.63) is 12.2 Å². The Bertz CT molecular complexity index is 181. The van der Waals surface area contributed by atoms with E-state index in [0.29, 0.717) is 6.54 Å². The number of carboxylic acid groups (broad SMARTS) is 1. The van der Waals surface area contributed by atoms with E-state index in [0.717, 1.165) is 32.1 Å². The number of hydrogen-bond donors (Lipinski definition) is 3. The van der Waals surface area contributed by atoms with Gasteiger partial charge in [-0.15, -0.1) is 0 Å². The van der Waals surface area contributed by atoms with Gasteiger partial charge < -0.3 is 16.6 Å². The fourth-order valence-electron chi connectivity index (χ4n) is 1.15. The second-order valence-corrected chi connectivity index (χ2v) is 3.37. The molecule has 0 heterocycles. The standard InChI is InChI=1S/C10H20N2O2/c11-8-9(12)6-4-2-1-3-5-7-10(13)14/h5,7,9H,1-4,6,8,11-12H2,(H,13,14)/b7-5+/t9-/m0/s1. The van der Waals surface area contributed by atoms with Crippen LogP contribution >= 0.6 is 0 Å². The molecule has 0 bridgehead atoms. The molecule has 4 nitrogen and oxygen atoms in total. The maximum absolute atomic E-state index is 10.1. The first-order valence-electron chi connectivity index (χ1n) is 5.02. The van der Waals surface area contributed by atoms with Crippen molar-refractivity contribution in [3.8, 4) is 0 Å². The van der Waals surface area contributed by atoms with Crippen LogP contribution in [0.3, 0.4) is 0 Å². The third kappa shape index (κ3) is 9.22. The molecule has 0 aliphatic rings. The lowest BCUT2D eigenvalue weighted by Crippen LogP contribution is -2.29. The maximum Gasteiger partial charge on any atom is 0.327 e. The van der Waals surface area contributed by atoms with E-state index in [2.05, 4.69) is 0 Å². The fraction of sp³-hybridized carbons (Fsp3) is 0.700. The minimum absolute atomic E-state index is 0.115. The zero-order valence-corrected chi connectivity index (χ0v) is 8.48. The van der Waals surface area contributed by atoms with Gasteiger partial charge in [0.1, 0.15) is 0 Å². The van der Waals surface area contributed by atoms with E-state index in [4.69, 9.17) is 16.6 Å². The number of hydrogen-bond acceptors (Lipinski definition) is 3. The Hall–Kier alpha value is -0.870. The fourth-order valence-corrected chi connectivity index (χ4v) is 1.15. The lowest BCUT2D eigenvalue weighted by Gasteiger charge is -2.06. The first-order valence-corrected chi connectivity index (χ1v) is 5.02. The molecule has 0 unspecified atom stereocenters. The van der Waals surface area contributed by atoms with Crippen LogP contribution < -0.4 is 11.5 Å². The maximum atomic E-state index is 10.1. The third-order valence-corrected chi connectivity index (χ3v) is 2.01. The van der Waals surface area contributed by atoms with Crippen molar-refractivity contribution in [1.82, 2.24) is 0 Å². The minimum atomic E-state index is -0.879. The van der Waals surface area contributed by atoms with Crippen LogP contribution in [0.2, 0.25) is 0 Å². The number of carbonyl (C=O) groups is 1. The van der Waals surface area contributed by atoms with E-state index >= 15 is 0 Å². The number of carboxylic acids is 1. The highest BCUT2D eigenvalue weighted by atomic mass is 16.4. The van der Waals surface area contributed by atoms with Crippen LogP contribution in [0.5, 0.6) is 0 Å². The van der Waals surface area contributed by atoms with Crippen molar-refractivity contribution in [2.75, 3.05) is 6.54 Å². The second kappa shape index (κ2) is 8.72. The average molecular weight is 200 g/mol. The molecule has 0 saturated carbocycles. The van der Waals surface area contributed by atoms with E-state index in [1.54, 1.807) is 6.08 Å². The van der Waals surface area contributed by atoms with Gasteiger partial charge in [0.05, 0.1) is 0 Å². The van der Waals surface area contributed by atoms with Crippen molar-refractivity contribution in [2.24, 2.45) is 11.5 Å². The summed E-state index contributed by atoms with van der Waals surface area (Å²) >= 11 is 0.